The summed E-state index contributed by atoms with van der Waals surface area (Å²) in [6, 6.07) is 5.33. The van der Waals surface area contributed by atoms with E-state index in [1.54, 1.807) is 12.1 Å². The highest BCUT2D eigenvalue weighted by Gasteiger charge is 2.16. The van der Waals surface area contributed by atoms with Gasteiger partial charge in [0, 0.05) is 17.7 Å². The molecule has 0 aromatic heterocycles. The number of benzene rings is 1. The highest BCUT2D eigenvalue weighted by molar-refractivity contribution is 5.94. The molecule has 1 unspecified atom stereocenters. The van der Waals surface area contributed by atoms with Gasteiger partial charge in [0.15, 0.2) is 0 Å². The molecule has 1 aromatic carbocycles. The summed E-state index contributed by atoms with van der Waals surface area (Å²) in [6.45, 7) is 3.80. The van der Waals surface area contributed by atoms with Crippen LogP contribution in [0.15, 0.2) is 18.2 Å². The molecule has 0 aliphatic carbocycles. The van der Waals surface area contributed by atoms with Crippen molar-refractivity contribution in [2.24, 2.45) is 0 Å². The Hall–Kier alpha value is -1.87. The van der Waals surface area contributed by atoms with Crippen LogP contribution in [0.5, 0.6) is 0 Å². The molecule has 112 valence electrons. The maximum Gasteiger partial charge on any atom is 0.251 e. The molecule has 1 saturated heterocycles. The minimum Gasteiger partial charge on any atom is -0.384 e. The molecule has 0 spiro atoms. The fraction of sp³-hybridized carbons (Fsp3) is 0.438. The summed E-state index contributed by atoms with van der Waals surface area (Å²) in [5.74, 6) is 5.26. The van der Waals surface area contributed by atoms with E-state index in [2.05, 4.69) is 17.2 Å². The van der Waals surface area contributed by atoms with Crippen LogP contribution in [-0.2, 0) is 9.47 Å². The van der Waals surface area contributed by atoms with Crippen LogP contribution < -0.4 is 5.32 Å². The van der Waals surface area contributed by atoms with Crippen LogP contribution in [0.25, 0.3) is 0 Å². The number of aryl methyl sites for hydroxylation is 1. The maximum atomic E-state index is 12.1. The van der Waals surface area contributed by atoms with E-state index in [0.29, 0.717) is 31.9 Å². The van der Waals surface area contributed by atoms with Gasteiger partial charge in [-0.3, -0.25) is 4.79 Å². The molecule has 5 heteroatoms. The SMILES string of the molecule is Cc1ccc(C(=O)NCC2COCCO2)cc1C#CCO. The van der Waals surface area contributed by atoms with Gasteiger partial charge in [-0.1, -0.05) is 17.9 Å². The van der Waals surface area contributed by atoms with Gasteiger partial charge in [-0.15, -0.1) is 0 Å². The number of carbonyl (C=O) groups is 1. The molecular formula is C16H19NO4. The summed E-state index contributed by atoms with van der Waals surface area (Å²) < 4.78 is 10.8. The van der Waals surface area contributed by atoms with Crippen LogP contribution in [0, 0.1) is 18.8 Å². The maximum absolute atomic E-state index is 12.1. The van der Waals surface area contributed by atoms with Crippen molar-refractivity contribution in [1.29, 1.82) is 0 Å². The molecule has 0 radical (unpaired) electrons. The lowest BCUT2D eigenvalue weighted by Gasteiger charge is -2.23. The number of aliphatic hydroxyl groups is 1. The average Bonchev–Trinajstić information content (AvgIpc) is 2.53. The second-order valence-electron chi connectivity index (χ2n) is 4.77. The Balaban J connectivity index is 1.98. The van der Waals surface area contributed by atoms with Crippen LogP contribution in [0.3, 0.4) is 0 Å². The first kappa shape index (κ1) is 15.5. The fourth-order valence-electron chi connectivity index (χ4n) is 2.00. The minimum atomic E-state index is -0.200. The molecule has 0 saturated carbocycles. The van der Waals surface area contributed by atoms with Crippen LogP contribution in [-0.4, -0.2) is 50.1 Å². The van der Waals surface area contributed by atoms with Gasteiger partial charge in [0.2, 0.25) is 0 Å². The molecule has 1 aromatic rings. The van der Waals surface area contributed by atoms with Gasteiger partial charge in [0.1, 0.15) is 6.61 Å². The number of amides is 1. The normalized spacial score (nSPS) is 17.7. The fourth-order valence-corrected chi connectivity index (χ4v) is 2.00. The van der Waals surface area contributed by atoms with Gasteiger partial charge >= 0.3 is 0 Å². The van der Waals surface area contributed by atoms with Crippen molar-refractivity contribution < 1.29 is 19.4 Å². The topological polar surface area (TPSA) is 67.8 Å². The number of nitrogens with one attached hydrogen (secondary N) is 1. The number of hydrogen-bond acceptors (Lipinski definition) is 4. The van der Waals surface area contributed by atoms with E-state index in [9.17, 15) is 4.79 Å². The van der Waals surface area contributed by atoms with Crippen molar-refractivity contribution >= 4 is 5.91 Å². The monoisotopic (exact) mass is 289 g/mol. The first-order valence-corrected chi connectivity index (χ1v) is 6.88. The molecular weight excluding hydrogens is 270 g/mol. The van der Waals surface area contributed by atoms with Crippen LogP contribution in [0.1, 0.15) is 21.5 Å². The molecule has 1 amide bonds. The number of hydrogen-bond donors (Lipinski definition) is 2. The molecule has 1 aliphatic rings. The van der Waals surface area contributed by atoms with Gasteiger partial charge in [-0.25, -0.2) is 0 Å². The highest BCUT2D eigenvalue weighted by atomic mass is 16.6. The molecule has 1 fully saturated rings. The van der Waals surface area contributed by atoms with E-state index in [1.165, 1.54) is 0 Å². The molecule has 21 heavy (non-hydrogen) atoms. The Bertz CT molecular complexity index is 553. The number of rotatable bonds is 3. The predicted octanol–water partition coefficient (Wildman–Crippen LogP) is 0.484. The Morgan fingerprint density at radius 2 is 2.33 bits per heavy atom. The zero-order chi connectivity index (χ0) is 15.1. The lowest BCUT2D eigenvalue weighted by atomic mass is 10.0. The third-order valence-corrected chi connectivity index (χ3v) is 3.18. The van der Waals surface area contributed by atoms with Crippen molar-refractivity contribution in [1.82, 2.24) is 5.32 Å². The first-order chi connectivity index (χ1) is 10.2. The number of aliphatic hydroxyl groups excluding tert-OH is 1. The van der Waals surface area contributed by atoms with Crippen molar-refractivity contribution in [3.8, 4) is 11.8 Å². The number of ether oxygens (including phenoxy) is 2. The second kappa shape index (κ2) is 7.79. The predicted molar refractivity (Wildman–Crippen MR) is 78.0 cm³/mol. The van der Waals surface area contributed by atoms with Crippen LogP contribution >= 0.6 is 0 Å². The summed E-state index contributed by atoms with van der Waals surface area (Å²) >= 11 is 0. The van der Waals surface area contributed by atoms with Gasteiger partial charge < -0.3 is 19.9 Å². The van der Waals surface area contributed by atoms with Crippen molar-refractivity contribution in [3.63, 3.8) is 0 Å². The molecule has 1 heterocycles. The van der Waals surface area contributed by atoms with Gasteiger partial charge in [0.05, 0.1) is 25.9 Å². The smallest absolute Gasteiger partial charge is 0.251 e. The Kier molecular flexibility index (Phi) is 5.76. The summed E-state index contributed by atoms with van der Waals surface area (Å²) in [6.07, 6.45) is -0.0956. The van der Waals surface area contributed by atoms with Crippen LogP contribution in [0.2, 0.25) is 0 Å². The van der Waals surface area contributed by atoms with Crippen molar-refractivity contribution in [3.05, 3.63) is 34.9 Å². The van der Waals surface area contributed by atoms with E-state index < -0.39 is 0 Å². The summed E-state index contributed by atoms with van der Waals surface area (Å²) in [7, 11) is 0. The lowest BCUT2D eigenvalue weighted by molar-refractivity contribution is -0.0855. The van der Waals surface area contributed by atoms with Crippen molar-refractivity contribution in [2.45, 2.75) is 13.0 Å². The van der Waals surface area contributed by atoms with E-state index in [0.717, 1.165) is 11.1 Å². The minimum absolute atomic E-state index is 0.0956. The lowest BCUT2D eigenvalue weighted by Crippen LogP contribution is -2.39. The molecule has 0 bridgehead atoms. The standard InChI is InChI=1S/C16H19NO4/c1-12-4-5-14(9-13(12)3-2-6-18)16(19)17-10-15-11-20-7-8-21-15/h4-5,9,15,18H,6-8,10-11H2,1H3,(H,17,19). The van der Waals surface area contributed by atoms with Crippen LogP contribution in [0.4, 0.5) is 0 Å². The summed E-state index contributed by atoms with van der Waals surface area (Å²) in [5, 5.41) is 11.6. The van der Waals surface area contributed by atoms with Gasteiger partial charge in [-0.05, 0) is 24.6 Å². The van der Waals surface area contributed by atoms with E-state index >= 15 is 0 Å². The van der Waals surface area contributed by atoms with Crippen molar-refractivity contribution in [2.75, 3.05) is 33.0 Å². The first-order valence-electron chi connectivity index (χ1n) is 6.88. The Morgan fingerprint density at radius 3 is 3.05 bits per heavy atom. The third kappa shape index (κ3) is 4.57. The third-order valence-electron chi connectivity index (χ3n) is 3.18. The van der Waals surface area contributed by atoms with E-state index in [-0.39, 0.29) is 18.6 Å². The molecule has 1 aliphatic heterocycles. The average molecular weight is 289 g/mol. The molecule has 2 rings (SSSR count). The largest absolute Gasteiger partial charge is 0.384 e. The molecule has 5 nitrogen and oxygen atoms in total. The summed E-state index contributed by atoms with van der Waals surface area (Å²) in [5.41, 5.74) is 2.25. The molecule has 1 atom stereocenters. The Labute approximate surface area is 124 Å². The zero-order valence-corrected chi connectivity index (χ0v) is 12.0. The van der Waals surface area contributed by atoms with Gasteiger partial charge in [-0.2, -0.15) is 0 Å². The van der Waals surface area contributed by atoms with E-state index in [4.69, 9.17) is 14.6 Å². The second-order valence-corrected chi connectivity index (χ2v) is 4.77. The van der Waals surface area contributed by atoms with Gasteiger partial charge in [0.25, 0.3) is 5.91 Å². The summed E-state index contributed by atoms with van der Waals surface area (Å²) in [4.78, 5) is 12.1. The number of carbonyl (C=O) groups excluding carboxylic acids is 1. The van der Waals surface area contributed by atoms with E-state index in [1.807, 2.05) is 13.0 Å². The zero-order valence-electron chi connectivity index (χ0n) is 12.0. The highest BCUT2D eigenvalue weighted by Crippen LogP contribution is 2.10. The quantitative estimate of drug-likeness (QED) is 0.795. The molecule has 2 N–H and O–H groups in total. The Morgan fingerprint density at radius 1 is 1.48 bits per heavy atom.